The molecule has 36 heavy (non-hydrogen) atoms. The molecule has 0 bridgehead atoms. The van der Waals surface area contributed by atoms with Crippen LogP contribution in [0.4, 0.5) is 0 Å². The Morgan fingerprint density at radius 1 is 0.972 bits per heavy atom. The molecule has 0 spiro atoms. The van der Waals surface area contributed by atoms with Gasteiger partial charge in [-0.2, -0.15) is 0 Å². The number of aryl methyl sites for hydroxylation is 1. The highest BCUT2D eigenvalue weighted by Crippen LogP contribution is 2.36. The Hall–Kier alpha value is -3.54. The smallest absolute Gasteiger partial charge is 0.215 e. The highest BCUT2D eigenvalue weighted by molar-refractivity contribution is 6.31. The van der Waals surface area contributed by atoms with Crippen molar-refractivity contribution in [2.24, 2.45) is 0 Å². The Bertz CT molecular complexity index is 1500. The number of halogens is 2. The first-order valence-corrected chi connectivity index (χ1v) is 12.6. The zero-order valence-electron chi connectivity index (χ0n) is 19.7. The van der Waals surface area contributed by atoms with Gasteiger partial charge in [-0.05, 0) is 65.6 Å². The first-order chi connectivity index (χ1) is 17.5. The number of nitrogens with zero attached hydrogens (tertiary/aromatic N) is 3. The quantitative estimate of drug-likeness (QED) is 0.226. The molecule has 0 amide bonds. The number of aromatic nitrogens is 3. The molecule has 5 nitrogen and oxygen atoms in total. The van der Waals surface area contributed by atoms with Gasteiger partial charge in [0.1, 0.15) is 5.75 Å². The maximum absolute atomic E-state index is 10.2. The Kier molecular flexibility index (Phi) is 7.12. The van der Waals surface area contributed by atoms with E-state index in [1.54, 1.807) is 18.2 Å². The molecule has 1 atom stereocenters. The SMILES string of the molecule is CCCCn1cncc1C(Oc1cc(-c2cccc(Cl)c2)c2cc(O)ccc2n1)c1ccc(Cl)cc1. The summed E-state index contributed by atoms with van der Waals surface area (Å²) in [5.74, 6) is 0.617. The second kappa shape index (κ2) is 10.6. The number of hydrogen-bond donors (Lipinski definition) is 1. The molecular weight excluding hydrogens is 493 g/mol. The van der Waals surface area contributed by atoms with Gasteiger partial charge >= 0.3 is 0 Å². The van der Waals surface area contributed by atoms with Crippen molar-refractivity contribution in [2.45, 2.75) is 32.4 Å². The lowest BCUT2D eigenvalue weighted by atomic mass is 10.0. The van der Waals surface area contributed by atoms with Crippen LogP contribution in [0.25, 0.3) is 22.0 Å². The minimum Gasteiger partial charge on any atom is -0.508 e. The normalized spacial score (nSPS) is 12.1. The molecule has 0 aliphatic carbocycles. The second-order valence-corrected chi connectivity index (χ2v) is 9.51. The molecule has 1 N–H and O–H groups in total. The summed E-state index contributed by atoms with van der Waals surface area (Å²) in [5, 5.41) is 12.2. The number of hydrogen-bond acceptors (Lipinski definition) is 4. The van der Waals surface area contributed by atoms with E-state index >= 15 is 0 Å². The van der Waals surface area contributed by atoms with Crippen molar-refractivity contribution in [1.29, 1.82) is 0 Å². The number of aromatic hydroxyl groups is 1. The summed E-state index contributed by atoms with van der Waals surface area (Å²) in [4.78, 5) is 9.20. The molecule has 0 radical (unpaired) electrons. The first kappa shape index (κ1) is 24.2. The fraction of sp³-hybridized carbons (Fsp3) is 0.172. The largest absolute Gasteiger partial charge is 0.508 e. The molecule has 5 aromatic rings. The summed E-state index contributed by atoms with van der Waals surface area (Å²) < 4.78 is 8.75. The number of ether oxygens (including phenoxy) is 1. The average Bonchev–Trinajstić information content (AvgIpc) is 3.34. The molecule has 3 aromatic carbocycles. The van der Waals surface area contributed by atoms with Crippen LogP contribution in [-0.4, -0.2) is 19.6 Å². The van der Waals surface area contributed by atoms with E-state index in [1.165, 1.54) is 0 Å². The Morgan fingerprint density at radius 3 is 2.58 bits per heavy atom. The molecule has 182 valence electrons. The number of phenols is 1. The van der Waals surface area contributed by atoms with Gasteiger partial charge in [0.15, 0.2) is 6.10 Å². The molecular formula is C29H25Cl2N3O2. The van der Waals surface area contributed by atoms with Gasteiger partial charge in [0, 0.05) is 28.0 Å². The van der Waals surface area contributed by atoms with E-state index in [0.717, 1.165) is 47.2 Å². The Morgan fingerprint density at radius 2 is 1.81 bits per heavy atom. The predicted octanol–water partition coefficient (Wildman–Crippen LogP) is 8.08. The topological polar surface area (TPSA) is 60.2 Å². The molecule has 0 aliphatic rings. The standard InChI is InChI=1S/C29H25Cl2N3O2/c1-2-3-13-34-18-32-17-27(34)29(19-7-9-21(30)10-8-19)36-28-16-24(20-5-4-6-22(31)14-20)25-15-23(35)11-12-26(25)33-28/h4-12,14-18,29,35H,2-3,13H2,1H3. The number of benzene rings is 3. The van der Waals surface area contributed by atoms with Crippen molar-refractivity contribution in [1.82, 2.24) is 14.5 Å². The fourth-order valence-corrected chi connectivity index (χ4v) is 4.58. The summed E-state index contributed by atoms with van der Waals surface area (Å²) in [6.45, 7) is 3.01. The van der Waals surface area contributed by atoms with Gasteiger partial charge in [0.05, 0.1) is 23.7 Å². The van der Waals surface area contributed by atoms with Crippen LogP contribution in [0.15, 0.2) is 85.3 Å². The highest BCUT2D eigenvalue weighted by atomic mass is 35.5. The number of unbranched alkanes of at least 4 members (excludes halogenated alkanes) is 1. The minimum absolute atomic E-state index is 0.167. The van der Waals surface area contributed by atoms with Gasteiger partial charge in [0.2, 0.25) is 5.88 Å². The number of phenolic OH excluding ortho intramolecular Hbond substituents is 1. The molecule has 0 saturated heterocycles. The van der Waals surface area contributed by atoms with Gasteiger partial charge in [-0.15, -0.1) is 0 Å². The number of fused-ring (bicyclic) bond motifs is 1. The van der Waals surface area contributed by atoms with Crippen LogP contribution in [0.5, 0.6) is 11.6 Å². The van der Waals surface area contributed by atoms with E-state index in [4.69, 9.17) is 32.9 Å². The summed E-state index contributed by atoms with van der Waals surface area (Å²) in [7, 11) is 0. The molecule has 0 aliphatic heterocycles. The van der Waals surface area contributed by atoms with Crippen LogP contribution >= 0.6 is 23.2 Å². The number of pyridine rings is 1. The predicted molar refractivity (Wildman–Crippen MR) is 145 cm³/mol. The van der Waals surface area contributed by atoms with Gasteiger partial charge in [-0.1, -0.05) is 60.8 Å². The van der Waals surface area contributed by atoms with E-state index in [9.17, 15) is 5.11 Å². The van der Waals surface area contributed by atoms with Gasteiger partial charge in [-0.3, -0.25) is 0 Å². The van der Waals surface area contributed by atoms with Crippen molar-refractivity contribution < 1.29 is 9.84 Å². The van der Waals surface area contributed by atoms with Crippen LogP contribution in [-0.2, 0) is 6.54 Å². The monoisotopic (exact) mass is 517 g/mol. The third kappa shape index (κ3) is 5.18. The van der Waals surface area contributed by atoms with Crippen LogP contribution in [0.2, 0.25) is 10.0 Å². The molecule has 2 aromatic heterocycles. The van der Waals surface area contributed by atoms with Gasteiger partial charge in [-0.25, -0.2) is 9.97 Å². The molecule has 0 saturated carbocycles. The maximum atomic E-state index is 10.2. The van der Waals surface area contributed by atoms with E-state index in [1.807, 2.05) is 67.1 Å². The molecule has 5 rings (SSSR count). The lowest BCUT2D eigenvalue weighted by Crippen LogP contribution is -2.15. The van der Waals surface area contributed by atoms with E-state index in [0.29, 0.717) is 21.4 Å². The lowest BCUT2D eigenvalue weighted by Gasteiger charge is -2.22. The molecule has 1 unspecified atom stereocenters. The fourth-order valence-electron chi connectivity index (χ4n) is 4.27. The molecule has 7 heteroatoms. The van der Waals surface area contributed by atoms with Crippen LogP contribution in [0, 0.1) is 0 Å². The lowest BCUT2D eigenvalue weighted by molar-refractivity contribution is 0.227. The zero-order chi connectivity index (χ0) is 25.1. The maximum Gasteiger partial charge on any atom is 0.215 e. The third-order valence-electron chi connectivity index (χ3n) is 6.08. The molecule has 2 heterocycles. The van der Waals surface area contributed by atoms with Gasteiger partial charge < -0.3 is 14.4 Å². The Balaban J connectivity index is 1.63. The first-order valence-electron chi connectivity index (χ1n) is 11.8. The summed E-state index contributed by atoms with van der Waals surface area (Å²) in [5.41, 5.74) is 4.34. The summed E-state index contributed by atoms with van der Waals surface area (Å²) >= 11 is 12.5. The van der Waals surface area contributed by atoms with Crippen LogP contribution in [0.3, 0.4) is 0 Å². The second-order valence-electron chi connectivity index (χ2n) is 8.63. The average molecular weight is 518 g/mol. The van der Waals surface area contributed by atoms with E-state index in [-0.39, 0.29) is 5.75 Å². The number of rotatable bonds is 8. The summed E-state index contributed by atoms with van der Waals surface area (Å²) in [6, 6.07) is 22.2. The van der Waals surface area contributed by atoms with Crippen molar-refractivity contribution in [2.75, 3.05) is 0 Å². The van der Waals surface area contributed by atoms with E-state index in [2.05, 4.69) is 16.5 Å². The zero-order valence-corrected chi connectivity index (χ0v) is 21.2. The Labute approximate surface area is 219 Å². The minimum atomic E-state index is -0.448. The van der Waals surface area contributed by atoms with E-state index < -0.39 is 6.10 Å². The highest BCUT2D eigenvalue weighted by Gasteiger charge is 2.22. The van der Waals surface area contributed by atoms with Crippen LogP contribution in [0.1, 0.15) is 37.1 Å². The van der Waals surface area contributed by atoms with Crippen molar-refractivity contribution in [3.8, 4) is 22.8 Å². The van der Waals surface area contributed by atoms with Crippen LogP contribution < -0.4 is 4.74 Å². The summed E-state index contributed by atoms with van der Waals surface area (Å²) in [6.07, 6.45) is 5.34. The third-order valence-corrected chi connectivity index (χ3v) is 6.57. The molecule has 0 fully saturated rings. The van der Waals surface area contributed by atoms with Gasteiger partial charge in [0.25, 0.3) is 0 Å². The van der Waals surface area contributed by atoms with Crippen molar-refractivity contribution in [3.05, 3.63) is 107 Å². The van der Waals surface area contributed by atoms with Crippen molar-refractivity contribution in [3.63, 3.8) is 0 Å². The van der Waals surface area contributed by atoms with Crippen molar-refractivity contribution >= 4 is 34.1 Å². The number of imidazole rings is 1.